The Labute approximate surface area is 172 Å². The molecule has 0 aromatic carbocycles. The monoisotopic (exact) mass is 366 g/mol. The quantitative estimate of drug-likeness (QED) is 0.160. The van der Waals surface area contributed by atoms with Gasteiger partial charge in [-0.25, -0.2) is 9.59 Å². The Morgan fingerprint density at radius 1 is 0.760 bits per heavy atom. The van der Waals surface area contributed by atoms with Crippen LogP contribution in [0.5, 0.6) is 0 Å². The largest absolute Gasteiger partial charge is 2.00 e. The van der Waals surface area contributed by atoms with Crippen LogP contribution in [0.1, 0.15) is 99.7 Å². The van der Waals surface area contributed by atoms with Crippen molar-refractivity contribution in [2.75, 3.05) is 6.61 Å². The molecule has 0 aromatic rings. The molecule has 0 saturated heterocycles. The molecular formula is C20H38MgO4. The average molecular weight is 367 g/mol. The number of unbranched alkanes of at least 4 members (excludes halogenated alkanes) is 13. The van der Waals surface area contributed by atoms with Crippen LogP contribution in [0.3, 0.4) is 0 Å². The van der Waals surface area contributed by atoms with E-state index in [4.69, 9.17) is 9.84 Å². The number of carboxylic acids is 1. The van der Waals surface area contributed by atoms with E-state index in [0.29, 0.717) is 6.61 Å². The molecule has 0 aromatic heterocycles. The molecule has 0 bridgehead atoms. The van der Waals surface area contributed by atoms with Crippen LogP contribution in [-0.4, -0.2) is 46.7 Å². The SMILES string of the molecule is CCCCCCCCCCCCCCCCOC(=O)/C=C/C(=O)O.[H-].[H-].[Mg+2]. The maximum atomic E-state index is 11.1. The van der Waals surface area contributed by atoms with E-state index >= 15 is 0 Å². The number of esters is 1. The first-order valence-electron chi connectivity index (χ1n) is 9.74. The third-order valence-corrected chi connectivity index (χ3v) is 4.10. The van der Waals surface area contributed by atoms with Gasteiger partial charge in [0.25, 0.3) is 0 Å². The van der Waals surface area contributed by atoms with Gasteiger partial charge < -0.3 is 12.7 Å². The summed E-state index contributed by atoms with van der Waals surface area (Å²) in [5, 5.41) is 8.37. The smallest absolute Gasteiger partial charge is 1.00 e. The summed E-state index contributed by atoms with van der Waals surface area (Å²) < 4.78 is 4.91. The van der Waals surface area contributed by atoms with Gasteiger partial charge in [0.05, 0.1) is 6.61 Å². The standard InChI is InChI=1S/C20H36O4.Mg.2H/c1-2-3-4-5-6-7-8-9-10-11-12-13-14-15-18-24-20(23)17-16-19(21)22;;;/h16-17H,2-15,18H2,1H3,(H,21,22);;;/q;+2;2*-1/b17-16+;;;. The van der Waals surface area contributed by atoms with Crippen molar-refractivity contribution in [3.8, 4) is 0 Å². The molecular weight excluding hydrogens is 329 g/mol. The van der Waals surface area contributed by atoms with Gasteiger partial charge in [-0.15, -0.1) is 0 Å². The number of carbonyl (C=O) groups excluding carboxylic acids is 1. The molecule has 0 aliphatic heterocycles. The van der Waals surface area contributed by atoms with Crippen LogP contribution in [0.15, 0.2) is 12.2 Å². The van der Waals surface area contributed by atoms with Crippen LogP contribution in [0.25, 0.3) is 0 Å². The molecule has 0 saturated carbocycles. The molecule has 0 radical (unpaired) electrons. The second-order valence-corrected chi connectivity index (χ2v) is 6.44. The van der Waals surface area contributed by atoms with Crippen molar-refractivity contribution in [3.05, 3.63) is 12.2 Å². The Hall–Kier alpha value is -0.554. The molecule has 5 heteroatoms. The zero-order chi connectivity index (χ0) is 17.9. The first-order chi connectivity index (χ1) is 11.7. The number of carbonyl (C=O) groups is 2. The summed E-state index contributed by atoms with van der Waals surface area (Å²) in [5.41, 5.74) is 0. The van der Waals surface area contributed by atoms with Gasteiger partial charge in [0.1, 0.15) is 0 Å². The van der Waals surface area contributed by atoms with Gasteiger partial charge in [0.15, 0.2) is 0 Å². The van der Waals surface area contributed by atoms with Gasteiger partial charge >= 0.3 is 35.0 Å². The summed E-state index contributed by atoms with van der Waals surface area (Å²) in [4.78, 5) is 21.3. The number of carboxylic acid groups (broad SMARTS) is 1. The first kappa shape index (κ1) is 26.7. The molecule has 0 heterocycles. The van der Waals surface area contributed by atoms with E-state index in [1.807, 2.05) is 0 Å². The topological polar surface area (TPSA) is 63.6 Å². The molecule has 0 amide bonds. The average Bonchev–Trinajstić information content (AvgIpc) is 2.56. The molecule has 0 spiro atoms. The van der Waals surface area contributed by atoms with Crippen LogP contribution < -0.4 is 0 Å². The Kier molecular flexibility index (Phi) is 22.9. The molecule has 0 fully saturated rings. The van der Waals surface area contributed by atoms with Gasteiger partial charge in [0, 0.05) is 12.2 Å². The Morgan fingerprint density at radius 3 is 1.56 bits per heavy atom. The third-order valence-electron chi connectivity index (χ3n) is 4.10. The van der Waals surface area contributed by atoms with Gasteiger partial charge in [-0.3, -0.25) is 0 Å². The number of ether oxygens (including phenoxy) is 1. The van der Waals surface area contributed by atoms with Crippen molar-refractivity contribution in [1.29, 1.82) is 0 Å². The van der Waals surface area contributed by atoms with E-state index in [-0.39, 0.29) is 25.9 Å². The maximum Gasteiger partial charge on any atom is 2.00 e. The normalized spacial score (nSPS) is 10.6. The molecule has 0 aliphatic carbocycles. The van der Waals surface area contributed by atoms with Crippen molar-refractivity contribution >= 4 is 35.0 Å². The van der Waals surface area contributed by atoms with E-state index in [1.165, 1.54) is 77.0 Å². The van der Waals surface area contributed by atoms with Crippen molar-refractivity contribution in [1.82, 2.24) is 0 Å². The Morgan fingerprint density at radius 2 is 1.16 bits per heavy atom. The maximum absolute atomic E-state index is 11.1. The summed E-state index contributed by atoms with van der Waals surface area (Å²) in [6, 6.07) is 0. The van der Waals surface area contributed by atoms with Crippen LogP contribution in [0, 0.1) is 0 Å². The predicted octanol–water partition coefficient (Wildman–Crippen LogP) is 5.50. The Bertz CT molecular complexity index is 353. The predicted molar refractivity (Wildman–Crippen MR) is 106 cm³/mol. The molecule has 0 rings (SSSR count). The molecule has 1 N–H and O–H groups in total. The van der Waals surface area contributed by atoms with Crippen molar-refractivity contribution in [2.24, 2.45) is 0 Å². The zero-order valence-electron chi connectivity index (χ0n) is 18.1. The van der Waals surface area contributed by atoms with E-state index in [1.54, 1.807) is 0 Å². The minimum absolute atomic E-state index is 0. The number of aliphatic carboxylic acids is 1. The molecule has 4 nitrogen and oxygen atoms in total. The fourth-order valence-electron chi connectivity index (χ4n) is 2.66. The van der Waals surface area contributed by atoms with Crippen LogP contribution in [0.2, 0.25) is 0 Å². The number of hydrogen-bond acceptors (Lipinski definition) is 3. The minimum atomic E-state index is -1.14. The van der Waals surface area contributed by atoms with Gasteiger partial charge in [-0.05, 0) is 6.42 Å². The van der Waals surface area contributed by atoms with Crippen molar-refractivity contribution in [3.63, 3.8) is 0 Å². The summed E-state index contributed by atoms with van der Waals surface area (Å²) in [6.07, 6.45) is 19.8. The minimum Gasteiger partial charge on any atom is -1.00 e. The molecule has 0 atom stereocenters. The van der Waals surface area contributed by atoms with E-state index in [2.05, 4.69) is 6.92 Å². The van der Waals surface area contributed by atoms with Crippen LogP contribution in [0.4, 0.5) is 0 Å². The third kappa shape index (κ3) is 23.4. The van der Waals surface area contributed by atoms with E-state index in [9.17, 15) is 9.59 Å². The molecule has 0 aliphatic rings. The van der Waals surface area contributed by atoms with E-state index < -0.39 is 11.9 Å². The van der Waals surface area contributed by atoms with Gasteiger partial charge in [0.2, 0.25) is 0 Å². The number of rotatable bonds is 17. The zero-order valence-corrected chi connectivity index (χ0v) is 17.6. The van der Waals surface area contributed by atoms with Crippen LogP contribution >= 0.6 is 0 Å². The van der Waals surface area contributed by atoms with Crippen LogP contribution in [-0.2, 0) is 14.3 Å². The van der Waals surface area contributed by atoms with Crippen molar-refractivity contribution in [2.45, 2.75) is 96.8 Å². The fourth-order valence-corrected chi connectivity index (χ4v) is 2.66. The molecule has 144 valence electrons. The molecule has 25 heavy (non-hydrogen) atoms. The van der Waals surface area contributed by atoms with Gasteiger partial charge in [-0.1, -0.05) is 90.4 Å². The summed E-state index contributed by atoms with van der Waals surface area (Å²) in [5.74, 6) is -1.71. The number of hydrogen-bond donors (Lipinski definition) is 1. The summed E-state index contributed by atoms with van der Waals surface area (Å²) in [7, 11) is 0. The summed E-state index contributed by atoms with van der Waals surface area (Å²) in [6.45, 7) is 2.63. The second-order valence-electron chi connectivity index (χ2n) is 6.44. The van der Waals surface area contributed by atoms with E-state index in [0.717, 1.165) is 25.0 Å². The summed E-state index contributed by atoms with van der Waals surface area (Å²) >= 11 is 0. The van der Waals surface area contributed by atoms with Gasteiger partial charge in [-0.2, -0.15) is 0 Å². The Balaban J connectivity index is -0.000000882. The van der Waals surface area contributed by atoms with Crippen molar-refractivity contribution < 1.29 is 22.3 Å². The molecule has 0 unspecified atom stereocenters. The first-order valence-corrected chi connectivity index (χ1v) is 9.74. The second kappa shape index (κ2) is 21.5. The fraction of sp³-hybridized carbons (Fsp3) is 0.800.